The van der Waals surface area contributed by atoms with E-state index in [1.54, 1.807) is 6.08 Å². The summed E-state index contributed by atoms with van der Waals surface area (Å²) < 4.78 is 0. The van der Waals surface area contributed by atoms with Crippen molar-refractivity contribution in [3.63, 3.8) is 0 Å². The number of rotatable bonds is 8. The second-order valence-corrected chi connectivity index (χ2v) is 8.65. The van der Waals surface area contributed by atoms with Crippen molar-refractivity contribution < 1.29 is 4.79 Å². The van der Waals surface area contributed by atoms with Crippen LogP contribution in [0.1, 0.15) is 24.0 Å². The summed E-state index contributed by atoms with van der Waals surface area (Å²) in [6.45, 7) is 6.97. The van der Waals surface area contributed by atoms with Crippen molar-refractivity contribution in [1.82, 2.24) is 15.2 Å². The molecule has 3 aromatic rings. The molecule has 4 nitrogen and oxygen atoms in total. The first-order chi connectivity index (χ1) is 15.7. The first kappa shape index (κ1) is 22.0. The fourth-order valence-electron chi connectivity index (χ4n) is 4.60. The Morgan fingerprint density at radius 1 is 0.969 bits per heavy atom. The van der Waals surface area contributed by atoms with E-state index < -0.39 is 5.41 Å². The summed E-state index contributed by atoms with van der Waals surface area (Å²) in [6.07, 6.45) is 7.87. The van der Waals surface area contributed by atoms with Gasteiger partial charge in [-0.15, -0.1) is 6.58 Å². The number of pyridine rings is 1. The van der Waals surface area contributed by atoms with Crippen molar-refractivity contribution in [2.45, 2.75) is 25.8 Å². The third kappa shape index (κ3) is 5.32. The van der Waals surface area contributed by atoms with Crippen molar-refractivity contribution in [3.05, 3.63) is 103 Å². The van der Waals surface area contributed by atoms with Crippen LogP contribution in [0.2, 0.25) is 0 Å². The maximum atomic E-state index is 13.3. The molecular weight excluding hydrogens is 394 g/mol. The molecule has 164 valence electrons. The van der Waals surface area contributed by atoms with Gasteiger partial charge in [-0.05, 0) is 66.7 Å². The summed E-state index contributed by atoms with van der Waals surface area (Å²) in [5.74, 6) is 0.145. The first-order valence-electron chi connectivity index (χ1n) is 11.3. The van der Waals surface area contributed by atoms with Crippen LogP contribution in [0.4, 0.5) is 0 Å². The molecule has 0 unspecified atom stereocenters. The van der Waals surface area contributed by atoms with Crippen molar-refractivity contribution in [2.24, 2.45) is 5.41 Å². The number of carbonyl (C=O) groups excluding carboxylic acids is 1. The summed E-state index contributed by atoms with van der Waals surface area (Å²) >= 11 is 0. The molecule has 0 radical (unpaired) electrons. The molecule has 2 aromatic carbocycles. The Labute approximate surface area is 191 Å². The molecular formula is C28H31N3O. The minimum absolute atomic E-state index is 0.145. The Kier molecular flexibility index (Phi) is 7.13. The zero-order valence-corrected chi connectivity index (χ0v) is 18.5. The van der Waals surface area contributed by atoms with Gasteiger partial charge in [0, 0.05) is 25.5 Å². The normalized spacial score (nSPS) is 15.8. The molecule has 0 saturated carbocycles. The average molecular weight is 426 g/mol. The van der Waals surface area contributed by atoms with Gasteiger partial charge in [-0.2, -0.15) is 0 Å². The summed E-state index contributed by atoms with van der Waals surface area (Å²) in [4.78, 5) is 19.9. The van der Waals surface area contributed by atoms with E-state index in [4.69, 9.17) is 0 Å². The number of nitrogens with zero attached hydrogens (tertiary/aromatic N) is 2. The molecule has 32 heavy (non-hydrogen) atoms. The Balaban J connectivity index is 1.51. The number of piperidine rings is 1. The lowest BCUT2D eigenvalue weighted by molar-refractivity contribution is -0.133. The van der Waals surface area contributed by atoms with Gasteiger partial charge in [-0.3, -0.25) is 14.7 Å². The number of hydrogen-bond acceptors (Lipinski definition) is 3. The molecule has 0 spiro atoms. The second-order valence-electron chi connectivity index (χ2n) is 8.65. The van der Waals surface area contributed by atoms with E-state index in [9.17, 15) is 4.79 Å². The highest BCUT2D eigenvalue weighted by molar-refractivity contribution is 5.83. The first-order valence-corrected chi connectivity index (χ1v) is 11.3. The minimum Gasteiger partial charge on any atom is -0.352 e. The summed E-state index contributed by atoms with van der Waals surface area (Å²) in [6, 6.07) is 23.2. The van der Waals surface area contributed by atoms with Crippen LogP contribution in [0.3, 0.4) is 0 Å². The topological polar surface area (TPSA) is 45.2 Å². The highest BCUT2D eigenvalue weighted by Gasteiger charge is 2.41. The molecule has 4 heteroatoms. The second kappa shape index (κ2) is 10.4. The molecule has 1 aliphatic rings. The van der Waals surface area contributed by atoms with Crippen LogP contribution in [-0.2, 0) is 17.8 Å². The third-order valence-electron chi connectivity index (χ3n) is 6.43. The van der Waals surface area contributed by atoms with Gasteiger partial charge in [0.2, 0.25) is 5.91 Å². The Morgan fingerprint density at radius 3 is 2.41 bits per heavy atom. The van der Waals surface area contributed by atoms with Gasteiger partial charge in [-0.25, -0.2) is 0 Å². The van der Waals surface area contributed by atoms with Gasteiger partial charge in [0.15, 0.2) is 0 Å². The Morgan fingerprint density at radius 2 is 1.69 bits per heavy atom. The number of hydrogen-bond donors (Lipinski definition) is 1. The lowest BCUT2D eigenvalue weighted by Gasteiger charge is -2.41. The van der Waals surface area contributed by atoms with E-state index >= 15 is 0 Å². The van der Waals surface area contributed by atoms with Crippen LogP contribution >= 0.6 is 0 Å². The van der Waals surface area contributed by atoms with Crippen molar-refractivity contribution in [1.29, 1.82) is 0 Å². The number of amides is 1. The van der Waals surface area contributed by atoms with E-state index in [1.807, 2.05) is 18.5 Å². The Bertz CT molecular complexity index is 1020. The third-order valence-corrected chi connectivity index (χ3v) is 6.43. The van der Waals surface area contributed by atoms with E-state index in [2.05, 4.69) is 82.4 Å². The lowest BCUT2D eigenvalue weighted by atomic mass is 9.72. The number of carbonyl (C=O) groups is 1. The maximum absolute atomic E-state index is 13.3. The summed E-state index contributed by atoms with van der Waals surface area (Å²) in [5.41, 5.74) is 4.47. The number of benzene rings is 2. The fraction of sp³-hybridized carbons (Fsp3) is 0.286. The number of likely N-dealkylation sites (tertiary alicyclic amines) is 1. The van der Waals surface area contributed by atoms with Gasteiger partial charge in [0.25, 0.3) is 0 Å². The molecule has 0 bridgehead atoms. The Hall–Kier alpha value is -3.24. The van der Waals surface area contributed by atoms with Gasteiger partial charge in [-0.1, -0.05) is 60.7 Å². The lowest BCUT2D eigenvalue weighted by Crippen LogP contribution is -2.50. The quantitative estimate of drug-likeness (QED) is 0.524. The van der Waals surface area contributed by atoms with Crippen LogP contribution in [0.25, 0.3) is 11.1 Å². The maximum Gasteiger partial charge on any atom is 0.226 e. The van der Waals surface area contributed by atoms with E-state index in [0.29, 0.717) is 6.54 Å². The van der Waals surface area contributed by atoms with Gasteiger partial charge >= 0.3 is 0 Å². The highest BCUT2D eigenvalue weighted by Crippen LogP contribution is 2.37. The molecule has 1 saturated heterocycles. The van der Waals surface area contributed by atoms with Crippen LogP contribution in [0.15, 0.2) is 91.8 Å². The highest BCUT2D eigenvalue weighted by atomic mass is 16.2. The number of aromatic nitrogens is 1. The molecule has 0 aliphatic carbocycles. The smallest absolute Gasteiger partial charge is 0.226 e. The van der Waals surface area contributed by atoms with E-state index in [-0.39, 0.29) is 5.91 Å². The van der Waals surface area contributed by atoms with E-state index in [0.717, 1.165) is 38.9 Å². The molecule has 1 amide bonds. The van der Waals surface area contributed by atoms with Crippen molar-refractivity contribution in [3.8, 4) is 11.1 Å². The van der Waals surface area contributed by atoms with Gasteiger partial charge in [0.05, 0.1) is 5.41 Å². The van der Waals surface area contributed by atoms with Crippen LogP contribution in [0, 0.1) is 5.41 Å². The molecule has 1 aliphatic heterocycles. The van der Waals surface area contributed by atoms with Gasteiger partial charge in [0.1, 0.15) is 0 Å². The average Bonchev–Trinajstić information content (AvgIpc) is 2.85. The fourth-order valence-corrected chi connectivity index (χ4v) is 4.60. The minimum atomic E-state index is -0.396. The van der Waals surface area contributed by atoms with Crippen LogP contribution in [0.5, 0.6) is 0 Å². The van der Waals surface area contributed by atoms with E-state index in [1.165, 1.54) is 22.3 Å². The van der Waals surface area contributed by atoms with Crippen LogP contribution < -0.4 is 5.32 Å². The van der Waals surface area contributed by atoms with Crippen LogP contribution in [-0.4, -0.2) is 35.4 Å². The predicted octanol–water partition coefficient (Wildman–Crippen LogP) is 4.88. The molecule has 2 heterocycles. The zero-order chi connectivity index (χ0) is 22.2. The number of nitrogens with one attached hydrogen (secondary N) is 1. The predicted molar refractivity (Wildman–Crippen MR) is 130 cm³/mol. The zero-order valence-electron chi connectivity index (χ0n) is 18.5. The van der Waals surface area contributed by atoms with Crippen molar-refractivity contribution in [2.75, 3.05) is 19.6 Å². The molecule has 1 N–H and O–H groups in total. The van der Waals surface area contributed by atoms with Gasteiger partial charge < -0.3 is 5.32 Å². The monoisotopic (exact) mass is 425 g/mol. The molecule has 1 aromatic heterocycles. The molecule has 1 fully saturated rings. The molecule has 0 atom stereocenters. The summed E-state index contributed by atoms with van der Waals surface area (Å²) in [5, 5.41) is 3.09. The standard InChI is InChI=1S/C28H31N3O/c1-2-15-30-27(32)28(13-18-31(19-14-28)22-23-11-16-29-17-12-23)21-24-7-6-10-26(20-24)25-8-4-3-5-9-25/h2-12,16-17,20H,1,13-15,18-19,21-22H2,(H,30,32). The largest absolute Gasteiger partial charge is 0.352 e. The summed E-state index contributed by atoms with van der Waals surface area (Å²) in [7, 11) is 0. The molecule has 4 rings (SSSR count). The van der Waals surface area contributed by atoms with Crippen molar-refractivity contribution >= 4 is 5.91 Å². The SMILES string of the molecule is C=CCNC(=O)C1(Cc2cccc(-c3ccccc3)c2)CCN(Cc2ccncc2)CC1.